The van der Waals surface area contributed by atoms with E-state index in [0.717, 1.165) is 5.56 Å². The summed E-state index contributed by atoms with van der Waals surface area (Å²) in [5, 5.41) is 2.68. The van der Waals surface area contributed by atoms with E-state index in [1.807, 2.05) is 0 Å². The van der Waals surface area contributed by atoms with Crippen LogP contribution < -0.4 is 5.32 Å². The Balaban J connectivity index is 1.49. The summed E-state index contributed by atoms with van der Waals surface area (Å²) < 4.78 is 5.71. The number of halogens is 1. The summed E-state index contributed by atoms with van der Waals surface area (Å²) in [7, 11) is 0. The van der Waals surface area contributed by atoms with Crippen LogP contribution in [0.1, 0.15) is 65.5 Å². The molecule has 2 aliphatic heterocycles. The molecule has 0 bridgehead atoms. The standard InChI is InChI=1S/C26H26BrN3O6/c1-26(2,3)36-25(35)28-13-15-8-9-17-16(12-15)14-29(22(17)32)20-10-11-21(31)30(24(20)34)23(33)18-6-4-5-7-19(18)27/h4-9,12,20H,10-11,13-14H2,1-3H3,(H,28,35). The summed E-state index contributed by atoms with van der Waals surface area (Å²) in [4.78, 5) is 66.1. The molecule has 1 atom stereocenters. The van der Waals surface area contributed by atoms with Gasteiger partial charge in [0.1, 0.15) is 11.6 Å². The van der Waals surface area contributed by atoms with Crippen molar-refractivity contribution in [1.29, 1.82) is 0 Å². The molecule has 4 rings (SSSR count). The molecule has 2 heterocycles. The van der Waals surface area contributed by atoms with Crippen LogP contribution in [0.25, 0.3) is 0 Å². The molecule has 1 fully saturated rings. The predicted octanol–water partition coefficient (Wildman–Crippen LogP) is 3.79. The maximum Gasteiger partial charge on any atom is 0.407 e. The first-order valence-corrected chi connectivity index (χ1v) is 12.3. The first-order chi connectivity index (χ1) is 17.0. The number of ether oxygens (including phenoxy) is 1. The Morgan fingerprint density at radius 2 is 1.83 bits per heavy atom. The fourth-order valence-corrected chi connectivity index (χ4v) is 4.73. The number of alkyl carbamates (subject to hydrolysis) is 1. The van der Waals surface area contributed by atoms with Crippen molar-refractivity contribution in [2.75, 3.05) is 0 Å². The second-order valence-corrected chi connectivity index (χ2v) is 10.5. The Labute approximate surface area is 216 Å². The number of amides is 5. The number of carbonyl (C=O) groups excluding carboxylic acids is 5. The van der Waals surface area contributed by atoms with Crippen LogP contribution in [0.2, 0.25) is 0 Å². The van der Waals surface area contributed by atoms with E-state index in [1.165, 1.54) is 11.0 Å². The van der Waals surface area contributed by atoms with Crippen LogP contribution in [0.4, 0.5) is 4.79 Å². The largest absolute Gasteiger partial charge is 0.444 e. The minimum Gasteiger partial charge on any atom is -0.444 e. The number of likely N-dealkylation sites (tertiary alicyclic amines) is 1. The molecule has 2 aromatic carbocycles. The lowest BCUT2D eigenvalue weighted by Crippen LogP contribution is -2.56. The second-order valence-electron chi connectivity index (χ2n) is 9.69. The van der Waals surface area contributed by atoms with Crippen molar-refractivity contribution in [3.63, 3.8) is 0 Å². The third kappa shape index (κ3) is 5.18. The maximum absolute atomic E-state index is 13.3. The molecule has 10 heteroatoms. The lowest BCUT2D eigenvalue weighted by molar-refractivity contribution is -0.148. The van der Waals surface area contributed by atoms with Gasteiger partial charge in [0, 0.05) is 29.5 Å². The number of hydrogen-bond acceptors (Lipinski definition) is 6. The topological polar surface area (TPSA) is 113 Å². The average molecular weight is 556 g/mol. The maximum atomic E-state index is 13.3. The predicted molar refractivity (Wildman–Crippen MR) is 133 cm³/mol. The smallest absolute Gasteiger partial charge is 0.407 e. The lowest BCUT2D eigenvalue weighted by Gasteiger charge is -2.34. The van der Waals surface area contributed by atoms with Crippen LogP contribution in [0.5, 0.6) is 0 Å². The quantitative estimate of drug-likeness (QED) is 0.574. The zero-order chi connectivity index (χ0) is 26.2. The van der Waals surface area contributed by atoms with Crippen molar-refractivity contribution in [3.8, 4) is 0 Å². The summed E-state index contributed by atoms with van der Waals surface area (Å²) in [5.74, 6) is -2.35. The zero-order valence-corrected chi connectivity index (χ0v) is 21.8. The van der Waals surface area contributed by atoms with Gasteiger partial charge < -0.3 is 15.0 Å². The third-order valence-corrected chi connectivity index (χ3v) is 6.60. The molecule has 2 aliphatic rings. The van der Waals surface area contributed by atoms with Gasteiger partial charge in [0.2, 0.25) is 5.91 Å². The third-order valence-electron chi connectivity index (χ3n) is 5.91. The summed E-state index contributed by atoms with van der Waals surface area (Å²) >= 11 is 3.29. The molecular formula is C26H26BrN3O6. The van der Waals surface area contributed by atoms with Gasteiger partial charge in [0.15, 0.2) is 0 Å². The van der Waals surface area contributed by atoms with Gasteiger partial charge in [0.25, 0.3) is 17.7 Å². The number of carbonyl (C=O) groups is 5. The molecule has 0 saturated carbocycles. The van der Waals surface area contributed by atoms with E-state index in [2.05, 4.69) is 21.2 Å². The van der Waals surface area contributed by atoms with E-state index in [9.17, 15) is 24.0 Å². The minimum absolute atomic E-state index is 0.0300. The Hall–Kier alpha value is -3.53. The molecule has 1 N–H and O–H groups in total. The Bertz CT molecular complexity index is 1270. The Morgan fingerprint density at radius 1 is 1.11 bits per heavy atom. The van der Waals surface area contributed by atoms with E-state index in [1.54, 1.807) is 57.2 Å². The van der Waals surface area contributed by atoms with E-state index in [0.29, 0.717) is 20.5 Å². The van der Waals surface area contributed by atoms with Crippen molar-refractivity contribution in [1.82, 2.24) is 15.1 Å². The molecule has 1 unspecified atom stereocenters. The number of nitrogens with zero attached hydrogens (tertiary/aromatic N) is 2. The number of nitrogens with one attached hydrogen (secondary N) is 1. The number of imide groups is 3. The van der Waals surface area contributed by atoms with Crippen molar-refractivity contribution in [2.45, 2.75) is 58.3 Å². The SMILES string of the molecule is CC(C)(C)OC(=O)NCc1ccc2c(c1)CN(C1CCC(=O)N(C(=O)c3ccccc3Br)C1=O)C2=O. The summed E-state index contributed by atoms with van der Waals surface area (Å²) in [6.45, 7) is 5.69. The Kier molecular flexibility index (Phi) is 6.99. The highest BCUT2D eigenvalue weighted by molar-refractivity contribution is 9.10. The van der Waals surface area contributed by atoms with Gasteiger partial charge in [-0.15, -0.1) is 0 Å². The van der Waals surface area contributed by atoms with Crippen LogP contribution >= 0.6 is 15.9 Å². The van der Waals surface area contributed by atoms with Crippen molar-refractivity contribution in [3.05, 3.63) is 69.2 Å². The molecule has 0 aliphatic carbocycles. The first kappa shape index (κ1) is 25.6. The van der Waals surface area contributed by atoms with Crippen LogP contribution in [0.15, 0.2) is 46.9 Å². The van der Waals surface area contributed by atoms with Gasteiger partial charge in [-0.3, -0.25) is 19.2 Å². The monoisotopic (exact) mass is 555 g/mol. The normalized spacial score (nSPS) is 17.8. The number of fused-ring (bicyclic) bond motifs is 1. The number of piperidine rings is 1. The summed E-state index contributed by atoms with van der Waals surface area (Å²) in [5.41, 5.74) is 1.50. The molecule has 9 nitrogen and oxygen atoms in total. The van der Waals surface area contributed by atoms with E-state index in [4.69, 9.17) is 4.74 Å². The molecule has 0 radical (unpaired) electrons. The molecule has 2 aromatic rings. The molecule has 36 heavy (non-hydrogen) atoms. The van der Waals surface area contributed by atoms with Crippen LogP contribution in [0.3, 0.4) is 0 Å². The molecular weight excluding hydrogens is 530 g/mol. The number of rotatable bonds is 4. The van der Waals surface area contributed by atoms with Crippen LogP contribution in [0, 0.1) is 0 Å². The highest BCUT2D eigenvalue weighted by Crippen LogP contribution is 2.31. The van der Waals surface area contributed by atoms with Gasteiger partial charge in [-0.05, 0) is 72.4 Å². The number of benzene rings is 2. The van der Waals surface area contributed by atoms with Crippen molar-refractivity contribution >= 4 is 45.7 Å². The van der Waals surface area contributed by atoms with Crippen molar-refractivity contribution in [2.24, 2.45) is 0 Å². The highest BCUT2D eigenvalue weighted by atomic mass is 79.9. The van der Waals surface area contributed by atoms with Crippen LogP contribution in [-0.2, 0) is 27.4 Å². The van der Waals surface area contributed by atoms with Gasteiger partial charge >= 0.3 is 6.09 Å². The van der Waals surface area contributed by atoms with E-state index >= 15 is 0 Å². The molecule has 1 saturated heterocycles. The van der Waals surface area contributed by atoms with Gasteiger partial charge in [-0.25, -0.2) is 9.69 Å². The van der Waals surface area contributed by atoms with Gasteiger partial charge in [-0.2, -0.15) is 0 Å². The van der Waals surface area contributed by atoms with Gasteiger partial charge in [0.05, 0.1) is 5.56 Å². The molecule has 5 amide bonds. The minimum atomic E-state index is -0.933. The van der Waals surface area contributed by atoms with E-state index < -0.39 is 35.5 Å². The van der Waals surface area contributed by atoms with Crippen molar-refractivity contribution < 1.29 is 28.7 Å². The Morgan fingerprint density at radius 3 is 2.53 bits per heavy atom. The fraction of sp³-hybridized carbons (Fsp3) is 0.346. The molecule has 188 valence electrons. The van der Waals surface area contributed by atoms with Crippen LogP contribution in [-0.4, -0.2) is 51.2 Å². The average Bonchev–Trinajstić information content (AvgIpc) is 3.12. The fourth-order valence-electron chi connectivity index (χ4n) is 4.27. The van der Waals surface area contributed by atoms with Gasteiger partial charge in [-0.1, -0.05) is 24.3 Å². The summed E-state index contributed by atoms with van der Waals surface area (Å²) in [6.07, 6.45) is -0.435. The zero-order valence-electron chi connectivity index (χ0n) is 20.2. The molecule has 0 aromatic heterocycles. The summed E-state index contributed by atoms with van der Waals surface area (Å²) in [6, 6.07) is 10.8. The number of hydrogen-bond donors (Lipinski definition) is 1. The first-order valence-electron chi connectivity index (χ1n) is 11.5. The second kappa shape index (κ2) is 9.85. The van der Waals surface area contributed by atoms with E-state index in [-0.39, 0.29) is 37.4 Å². The molecule has 0 spiro atoms. The lowest BCUT2D eigenvalue weighted by atomic mass is 10.0. The highest BCUT2D eigenvalue weighted by Gasteiger charge is 2.45.